The Morgan fingerprint density at radius 3 is 2.92 bits per heavy atom. The van der Waals surface area contributed by atoms with Gasteiger partial charge in [0.15, 0.2) is 0 Å². The lowest BCUT2D eigenvalue weighted by atomic mass is 10.0. The minimum atomic E-state index is -0.242. The van der Waals surface area contributed by atoms with Crippen LogP contribution in [0.1, 0.15) is 30.9 Å². The van der Waals surface area contributed by atoms with Gasteiger partial charge in [-0.1, -0.05) is 24.3 Å². The molecule has 1 aromatic rings. The predicted octanol–water partition coefficient (Wildman–Crippen LogP) is 2.67. The van der Waals surface area contributed by atoms with Gasteiger partial charge < -0.3 is 10.1 Å². The number of morpholine rings is 1. The average Bonchev–Trinajstić information content (AvgIpc) is 3.09. The molecule has 0 unspecified atom stereocenters. The van der Waals surface area contributed by atoms with Gasteiger partial charge in [-0.05, 0) is 36.5 Å². The first-order valence-electron chi connectivity index (χ1n) is 8.73. The maximum Gasteiger partial charge on any atom is 0.220 e. The minimum Gasteiger partial charge on any atom is -0.379 e. The molecule has 1 aliphatic heterocycles. The van der Waals surface area contributed by atoms with Gasteiger partial charge in [0.2, 0.25) is 5.91 Å². The van der Waals surface area contributed by atoms with Gasteiger partial charge in [-0.2, -0.15) is 0 Å². The monoisotopic (exact) mass is 332 g/mol. The molecule has 1 aliphatic carbocycles. The van der Waals surface area contributed by atoms with Crippen LogP contribution in [0.5, 0.6) is 0 Å². The summed E-state index contributed by atoms with van der Waals surface area (Å²) >= 11 is 0. The van der Waals surface area contributed by atoms with Crippen molar-refractivity contribution in [3.63, 3.8) is 0 Å². The van der Waals surface area contributed by atoms with Crippen LogP contribution >= 0.6 is 0 Å². The summed E-state index contributed by atoms with van der Waals surface area (Å²) in [6, 6.07) is 6.64. The summed E-state index contributed by atoms with van der Waals surface area (Å²) < 4.78 is 19.0. The predicted molar refractivity (Wildman–Crippen MR) is 91.0 cm³/mol. The quantitative estimate of drug-likeness (QED) is 0.815. The summed E-state index contributed by atoms with van der Waals surface area (Å²) in [5.41, 5.74) is 0.901. The molecule has 0 aromatic heterocycles. The SMILES string of the molecule is O=C(C[C@H]1C=CCC1)NC[C@@H](c1cccc(F)c1)N1CCOCC1. The highest BCUT2D eigenvalue weighted by Gasteiger charge is 2.24. The fourth-order valence-electron chi connectivity index (χ4n) is 3.45. The van der Waals surface area contributed by atoms with Gasteiger partial charge in [0.1, 0.15) is 5.82 Å². The molecular formula is C19H25FN2O2. The second kappa shape index (κ2) is 8.40. The average molecular weight is 332 g/mol. The molecule has 0 radical (unpaired) electrons. The van der Waals surface area contributed by atoms with E-state index in [2.05, 4.69) is 22.4 Å². The van der Waals surface area contributed by atoms with Crippen molar-refractivity contribution in [2.75, 3.05) is 32.8 Å². The summed E-state index contributed by atoms with van der Waals surface area (Å²) in [5, 5.41) is 3.05. The van der Waals surface area contributed by atoms with Gasteiger partial charge >= 0.3 is 0 Å². The van der Waals surface area contributed by atoms with Gasteiger partial charge in [0, 0.05) is 26.1 Å². The summed E-state index contributed by atoms with van der Waals surface area (Å²) in [6.07, 6.45) is 6.93. The van der Waals surface area contributed by atoms with E-state index >= 15 is 0 Å². The van der Waals surface area contributed by atoms with Gasteiger partial charge in [-0.3, -0.25) is 9.69 Å². The van der Waals surface area contributed by atoms with Crippen molar-refractivity contribution < 1.29 is 13.9 Å². The molecule has 130 valence electrons. The molecule has 24 heavy (non-hydrogen) atoms. The Labute approximate surface area is 142 Å². The molecule has 4 nitrogen and oxygen atoms in total. The largest absolute Gasteiger partial charge is 0.379 e. The second-order valence-corrected chi connectivity index (χ2v) is 6.49. The van der Waals surface area contributed by atoms with Crippen molar-refractivity contribution in [1.29, 1.82) is 0 Å². The highest BCUT2D eigenvalue weighted by Crippen LogP contribution is 2.23. The number of rotatable bonds is 6. The van der Waals surface area contributed by atoms with Crippen LogP contribution in [0.15, 0.2) is 36.4 Å². The molecule has 0 bridgehead atoms. The van der Waals surface area contributed by atoms with Crippen molar-refractivity contribution in [2.24, 2.45) is 5.92 Å². The number of carbonyl (C=O) groups is 1. The van der Waals surface area contributed by atoms with Crippen molar-refractivity contribution in [2.45, 2.75) is 25.3 Å². The number of hydrogen-bond donors (Lipinski definition) is 1. The molecule has 1 amide bonds. The first-order chi connectivity index (χ1) is 11.7. The molecule has 1 heterocycles. The number of halogens is 1. The third-order valence-electron chi connectivity index (χ3n) is 4.77. The third kappa shape index (κ3) is 4.65. The number of allylic oxidation sites excluding steroid dienone is 2. The van der Waals surface area contributed by atoms with Gasteiger partial charge in [0.25, 0.3) is 0 Å². The summed E-state index contributed by atoms with van der Waals surface area (Å²) in [4.78, 5) is 14.5. The molecule has 0 spiro atoms. The zero-order valence-electron chi connectivity index (χ0n) is 13.9. The molecule has 2 atom stereocenters. The molecule has 1 fully saturated rings. The van der Waals surface area contributed by atoms with Crippen LogP contribution in [0.3, 0.4) is 0 Å². The molecule has 1 N–H and O–H groups in total. The highest BCUT2D eigenvalue weighted by molar-refractivity contribution is 5.76. The number of ether oxygens (including phenoxy) is 1. The Hall–Kier alpha value is -1.72. The second-order valence-electron chi connectivity index (χ2n) is 6.49. The van der Waals surface area contributed by atoms with Crippen molar-refractivity contribution in [1.82, 2.24) is 10.2 Å². The van der Waals surface area contributed by atoms with E-state index < -0.39 is 0 Å². The van der Waals surface area contributed by atoms with E-state index in [1.165, 1.54) is 6.07 Å². The lowest BCUT2D eigenvalue weighted by molar-refractivity contribution is -0.122. The number of benzene rings is 1. The number of carbonyl (C=O) groups excluding carboxylic acids is 1. The number of amides is 1. The Kier molecular flexibility index (Phi) is 5.99. The smallest absolute Gasteiger partial charge is 0.220 e. The molecule has 1 saturated heterocycles. The van der Waals surface area contributed by atoms with Crippen molar-refractivity contribution in [3.05, 3.63) is 47.8 Å². The maximum absolute atomic E-state index is 13.6. The Morgan fingerprint density at radius 1 is 1.38 bits per heavy atom. The van der Waals surface area contributed by atoms with Crippen LogP contribution in [0.25, 0.3) is 0 Å². The van der Waals surface area contributed by atoms with Crippen molar-refractivity contribution >= 4 is 5.91 Å². The molecule has 3 rings (SSSR count). The van der Waals surface area contributed by atoms with Gasteiger partial charge in [-0.15, -0.1) is 0 Å². The molecule has 5 heteroatoms. The zero-order chi connectivity index (χ0) is 16.8. The van der Waals surface area contributed by atoms with Gasteiger partial charge in [0.05, 0.1) is 19.3 Å². The molecule has 1 aromatic carbocycles. The van der Waals surface area contributed by atoms with E-state index in [1.807, 2.05) is 6.07 Å². The Balaban J connectivity index is 1.63. The fourth-order valence-corrected chi connectivity index (χ4v) is 3.45. The van der Waals surface area contributed by atoms with Crippen LogP contribution < -0.4 is 5.32 Å². The standard InChI is InChI=1S/C19H25FN2O2/c20-17-7-3-6-16(13-17)18(22-8-10-24-11-9-22)14-21-19(23)12-15-4-1-2-5-15/h1,3-4,6-7,13,15,18H,2,5,8-12,14H2,(H,21,23)/t15-,18-/m0/s1. The maximum atomic E-state index is 13.6. The number of hydrogen-bond acceptors (Lipinski definition) is 3. The van der Waals surface area contributed by atoms with E-state index in [1.54, 1.807) is 12.1 Å². The lowest BCUT2D eigenvalue weighted by Gasteiger charge is -2.35. The van der Waals surface area contributed by atoms with Gasteiger partial charge in [-0.25, -0.2) is 4.39 Å². The topological polar surface area (TPSA) is 41.6 Å². The summed E-state index contributed by atoms with van der Waals surface area (Å²) in [5.74, 6) is 0.190. The van der Waals surface area contributed by atoms with Crippen LogP contribution in [0.4, 0.5) is 4.39 Å². The fraction of sp³-hybridized carbons (Fsp3) is 0.526. The first-order valence-corrected chi connectivity index (χ1v) is 8.73. The molecule has 0 saturated carbocycles. The zero-order valence-corrected chi connectivity index (χ0v) is 13.9. The van der Waals surface area contributed by atoms with E-state index in [0.717, 1.165) is 31.5 Å². The van der Waals surface area contributed by atoms with E-state index in [-0.39, 0.29) is 17.8 Å². The minimum absolute atomic E-state index is 0.0207. The number of nitrogens with zero attached hydrogens (tertiary/aromatic N) is 1. The highest BCUT2D eigenvalue weighted by atomic mass is 19.1. The lowest BCUT2D eigenvalue weighted by Crippen LogP contribution is -2.44. The molecule has 2 aliphatic rings. The third-order valence-corrected chi connectivity index (χ3v) is 4.77. The first kappa shape index (κ1) is 17.1. The van der Waals surface area contributed by atoms with Crippen molar-refractivity contribution in [3.8, 4) is 0 Å². The van der Waals surface area contributed by atoms with E-state index in [9.17, 15) is 9.18 Å². The normalized spacial score (nSPS) is 22.5. The van der Waals surface area contributed by atoms with Crippen LogP contribution in [0, 0.1) is 11.7 Å². The number of nitrogens with one attached hydrogen (secondary N) is 1. The summed E-state index contributed by atoms with van der Waals surface area (Å²) in [6.45, 7) is 3.43. The summed E-state index contributed by atoms with van der Waals surface area (Å²) in [7, 11) is 0. The van der Waals surface area contributed by atoms with Crippen LogP contribution in [-0.4, -0.2) is 43.7 Å². The van der Waals surface area contributed by atoms with E-state index in [4.69, 9.17) is 4.74 Å². The Bertz CT molecular complexity index is 584. The van der Waals surface area contributed by atoms with Crippen LogP contribution in [0.2, 0.25) is 0 Å². The Morgan fingerprint density at radius 2 is 2.21 bits per heavy atom. The molecular weight excluding hydrogens is 307 g/mol. The van der Waals surface area contributed by atoms with E-state index in [0.29, 0.717) is 32.1 Å². The van der Waals surface area contributed by atoms with Crippen LogP contribution in [-0.2, 0) is 9.53 Å².